The lowest BCUT2D eigenvalue weighted by Crippen LogP contribution is -2.72. The zero-order chi connectivity index (χ0) is 20.2. The lowest BCUT2D eigenvalue weighted by Gasteiger charge is -2.59. The third-order valence-corrected chi connectivity index (χ3v) is 7.03. The SMILES string of the molecule is Cc1nc(C(F)(F)F)ccc1S(=O)(=O)N1CC2(CN(Cc3cncnc3)C2)C1. The van der Waals surface area contributed by atoms with Crippen LogP contribution in [0.25, 0.3) is 0 Å². The van der Waals surface area contributed by atoms with Gasteiger partial charge in [-0.2, -0.15) is 17.5 Å². The van der Waals surface area contributed by atoms with E-state index in [2.05, 4.69) is 19.9 Å². The second kappa shape index (κ2) is 6.46. The van der Waals surface area contributed by atoms with E-state index in [9.17, 15) is 21.6 Å². The number of halogens is 3. The Morgan fingerprint density at radius 1 is 1.11 bits per heavy atom. The average Bonchev–Trinajstić information content (AvgIpc) is 2.55. The Labute approximate surface area is 160 Å². The minimum absolute atomic E-state index is 0.0874. The maximum atomic E-state index is 12.8. The molecule has 2 aliphatic rings. The number of sulfonamides is 1. The van der Waals surface area contributed by atoms with Crippen molar-refractivity contribution in [3.05, 3.63) is 47.8 Å². The molecule has 0 aliphatic carbocycles. The average molecular weight is 413 g/mol. The number of rotatable bonds is 4. The molecular weight excluding hydrogens is 395 g/mol. The molecule has 2 saturated heterocycles. The van der Waals surface area contributed by atoms with Crippen LogP contribution < -0.4 is 0 Å². The first kappa shape index (κ1) is 19.2. The molecule has 2 fully saturated rings. The molecule has 4 rings (SSSR count). The largest absolute Gasteiger partial charge is 0.433 e. The molecule has 11 heteroatoms. The van der Waals surface area contributed by atoms with Gasteiger partial charge >= 0.3 is 6.18 Å². The minimum Gasteiger partial charge on any atom is -0.298 e. The standard InChI is InChI=1S/C17H18F3N5O2S/c1-12-14(2-3-15(23-12)17(18,19)20)28(26,27)25-9-16(10-25)7-24(8-16)6-13-4-21-11-22-5-13/h2-5,11H,6-10H2,1H3. The van der Waals surface area contributed by atoms with Crippen molar-refractivity contribution in [3.8, 4) is 0 Å². The number of pyridine rings is 1. The quantitative estimate of drug-likeness (QED) is 0.759. The second-order valence-electron chi connectivity index (χ2n) is 7.44. The maximum Gasteiger partial charge on any atom is 0.433 e. The van der Waals surface area contributed by atoms with Gasteiger partial charge in [-0.15, -0.1) is 0 Å². The summed E-state index contributed by atoms with van der Waals surface area (Å²) in [6.45, 7) is 4.23. The molecular formula is C17H18F3N5O2S. The topological polar surface area (TPSA) is 79.3 Å². The molecule has 150 valence electrons. The van der Waals surface area contributed by atoms with Gasteiger partial charge in [-0.05, 0) is 19.1 Å². The van der Waals surface area contributed by atoms with Crippen molar-refractivity contribution in [2.45, 2.75) is 24.5 Å². The van der Waals surface area contributed by atoms with E-state index in [-0.39, 0.29) is 16.0 Å². The molecule has 0 bridgehead atoms. The zero-order valence-electron chi connectivity index (χ0n) is 15.0. The Kier molecular flexibility index (Phi) is 4.43. The predicted octanol–water partition coefficient (Wildman–Crippen LogP) is 1.71. The maximum absolute atomic E-state index is 12.8. The zero-order valence-corrected chi connectivity index (χ0v) is 15.8. The van der Waals surface area contributed by atoms with Crippen LogP contribution in [-0.2, 0) is 22.7 Å². The molecule has 0 N–H and O–H groups in total. The summed E-state index contributed by atoms with van der Waals surface area (Å²) in [5, 5.41) is 0. The van der Waals surface area contributed by atoms with Crippen LogP contribution in [0.4, 0.5) is 13.2 Å². The molecule has 7 nitrogen and oxygen atoms in total. The number of likely N-dealkylation sites (tertiary alicyclic amines) is 1. The Hall–Kier alpha value is -2.11. The van der Waals surface area contributed by atoms with Crippen LogP contribution in [-0.4, -0.2) is 58.8 Å². The van der Waals surface area contributed by atoms with Gasteiger partial charge in [0.15, 0.2) is 0 Å². The van der Waals surface area contributed by atoms with Gasteiger partial charge in [-0.25, -0.2) is 23.4 Å². The molecule has 0 saturated carbocycles. The summed E-state index contributed by atoms with van der Waals surface area (Å²) in [5.74, 6) is 0. The van der Waals surface area contributed by atoms with Crippen LogP contribution in [0.5, 0.6) is 0 Å². The van der Waals surface area contributed by atoms with E-state index in [4.69, 9.17) is 0 Å². The van der Waals surface area contributed by atoms with Crippen LogP contribution >= 0.6 is 0 Å². The van der Waals surface area contributed by atoms with E-state index >= 15 is 0 Å². The first-order valence-corrected chi connectivity index (χ1v) is 10.0. The first-order chi connectivity index (χ1) is 13.1. The number of hydrogen-bond donors (Lipinski definition) is 0. The van der Waals surface area contributed by atoms with Gasteiger partial charge in [0.25, 0.3) is 0 Å². The van der Waals surface area contributed by atoms with Gasteiger partial charge in [0.2, 0.25) is 10.0 Å². The fourth-order valence-corrected chi connectivity index (χ4v) is 5.70. The lowest BCUT2D eigenvalue weighted by atomic mass is 9.74. The fourth-order valence-electron chi connectivity index (χ4n) is 3.87. The number of alkyl halides is 3. The van der Waals surface area contributed by atoms with Gasteiger partial charge in [-0.1, -0.05) is 0 Å². The van der Waals surface area contributed by atoms with Crippen LogP contribution in [0.3, 0.4) is 0 Å². The highest BCUT2D eigenvalue weighted by Crippen LogP contribution is 2.43. The van der Waals surface area contributed by atoms with E-state index in [1.165, 1.54) is 17.6 Å². The van der Waals surface area contributed by atoms with Crippen molar-refractivity contribution in [1.29, 1.82) is 0 Å². The molecule has 4 heterocycles. The monoisotopic (exact) mass is 413 g/mol. The van der Waals surface area contributed by atoms with E-state index in [0.717, 1.165) is 24.7 Å². The molecule has 2 aromatic heterocycles. The van der Waals surface area contributed by atoms with Gasteiger partial charge < -0.3 is 0 Å². The number of hydrogen-bond acceptors (Lipinski definition) is 6. The fraction of sp³-hybridized carbons (Fsp3) is 0.471. The summed E-state index contributed by atoms with van der Waals surface area (Å²) >= 11 is 0. The van der Waals surface area contributed by atoms with Gasteiger partial charge in [0.05, 0.1) is 5.69 Å². The molecule has 0 aromatic carbocycles. The van der Waals surface area contributed by atoms with Crippen molar-refractivity contribution in [1.82, 2.24) is 24.2 Å². The first-order valence-electron chi connectivity index (χ1n) is 8.60. The highest BCUT2D eigenvalue weighted by Gasteiger charge is 2.55. The highest BCUT2D eigenvalue weighted by atomic mass is 32.2. The number of aryl methyl sites for hydroxylation is 1. The summed E-state index contributed by atoms with van der Waals surface area (Å²) in [5.41, 5.74) is -0.332. The van der Waals surface area contributed by atoms with Crippen molar-refractivity contribution < 1.29 is 21.6 Å². The van der Waals surface area contributed by atoms with Gasteiger partial charge in [0.1, 0.15) is 16.9 Å². The summed E-state index contributed by atoms with van der Waals surface area (Å²) in [7, 11) is -3.85. The van der Waals surface area contributed by atoms with Crippen LogP contribution in [0.15, 0.2) is 35.7 Å². The summed E-state index contributed by atoms with van der Waals surface area (Å²) < 4.78 is 65.1. The summed E-state index contributed by atoms with van der Waals surface area (Å²) in [4.78, 5) is 13.4. The molecule has 2 aromatic rings. The summed E-state index contributed by atoms with van der Waals surface area (Å²) in [6.07, 6.45) is 0.354. The molecule has 0 atom stereocenters. The predicted molar refractivity (Wildman–Crippen MR) is 92.5 cm³/mol. The van der Waals surface area contributed by atoms with Crippen LogP contribution in [0.2, 0.25) is 0 Å². The molecule has 0 unspecified atom stereocenters. The van der Waals surface area contributed by atoms with E-state index in [0.29, 0.717) is 25.7 Å². The number of aromatic nitrogens is 3. The van der Waals surface area contributed by atoms with Gasteiger partial charge in [-0.3, -0.25) is 4.90 Å². The number of nitrogens with zero attached hydrogens (tertiary/aromatic N) is 5. The van der Waals surface area contributed by atoms with Crippen molar-refractivity contribution in [2.75, 3.05) is 26.2 Å². The Bertz CT molecular complexity index is 984. The second-order valence-corrected chi connectivity index (χ2v) is 9.35. The van der Waals surface area contributed by atoms with Crippen molar-refractivity contribution in [2.24, 2.45) is 5.41 Å². The van der Waals surface area contributed by atoms with Crippen molar-refractivity contribution >= 4 is 10.0 Å². The molecule has 1 spiro atoms. The third-order valence-electron chi connectivity index (χ3n) is 5.11. The van der Waals surface area contributed by atoms with E-state index < -0.39 is 21.9 Å². The normalized spacial score (nSPS) is 20.0. The van der Waals surface area contributed by atoms with Gasteiger partial charge in [0, 0.05) is 56.1 Å². The molecule has 2 aliphatic heterocycles. The third kappa shape index (κ3) is 3.38. The minimum atomic E-state index is -4.60. The van der Waals surface area contributed by atoms with E-state index in [1.807, 2.05) is 0 Å². The lowest BCUT2D eigenvalue weighted by molar-refractivity contribution is -0.141. The Morgan fingerprint density at radius 2 is 1.75 bits per heavy atom. The smallest absolute Gasteiger partial charge is 0.298 e. The Morgan fingerprint density at radius 3 is 2.32 bits per heavy atom. The van der Waals surface area contributed by atoms with Crippen LogP contribution in [0.1, 0.15) is 17.0 Å². The van der Waals surface area contributed by atoms with Crippen molar-refractivity contribution in [3.63, 3.8) is 0 Å². The molecule has 0 radical (unpaired) electrons. The highest BCUT2D eigenvalue weighted by molar-refractivity contribution is 7.89. The molecule has 28 heavy (non-hydrogen) atoms. The Balaban J connectivity index is 1.39. The molecule has 0 amide bonds. The van der Waals surface area contributed by atoms with E-state index in [1.54, 1.807) is 12.4 Å². The van der Waals surface area contributed by atoms with Crippen LogP contribution in [0, 0.1) is 12.3 Å². The summed E-state index contributed by atoms with van der Waals surface area (Å²) in [6, 6.07) is 1.70.